The number of hydrogen-bond acceptors (Lipinski definition) is 4. The minimum Gasteiger partial charge on any atom is -0.619 e. The van der Waals surface area contributed by atoms with E-state index in [0.717, 1.165) is 0 Å². The van der Waals surface area contributed by atoms with Crippen molar-refractivity contribution in [3.8, 4) is 11.5 Å². The van der Waals surface area contributed by atoms with Crippen molar-refractivity contribution in [2.24, 2.45) is 0 Å². The summed E-state index contributed by atoms with van der Waals surface area (Å²) in [6.07, 6.45) is 1.72. The Bertz CT molecular complexity index is 656. The number of pyridine rings is 1. The third-order valence-corrected chi connectivity index (χ3v) is 3.90. The molecule has 0 amide bonds. The van der Waals surface area contributed by atoms with E-state index in [1.165, 1.54) is 26.6 Å². The zero-order chi connectivity index (χ0) is 16.3. The van der Waals surface area contributed by atoms with Crippen LogP contribution in [0.4, 0.5) is 0 Å². The lowest BCUT2D eigenvalue weighted by atomic mass is 10.0. The van der Waals surface area contributed by atoms with Crippen molar-refractivity contribution in [2.75, 3.05) is 14.2 Å². The van der Waals surface area contributed by atoms with Gasteiger partial charge >= 0.3 is 0 Å². The second-order valence-corrected chi connectivity index (χ2v) is 5.44. The van der Waals surface area contributed by atoms with E-state index >= 15 is 0 Å². The number of benzene rings is 1. The fourth-order valence-electron chi connectivity index (χ4n) is 2.10. The Morgan fingerprint density at radius 2 is 1.73 bits per heavy atom. The van der Waals surface area contributed by atoms with Crippen LogP contribution in [0.2, 0.25) is 10.0 Å². The Labute approximate surface area is 138 Å². The van der Waals surface area contributed by atoms with Gasteiger partial charge in [0, 0.05) is 12.0 Å². The second kappa shape index (κ2) is 7.05. The van der Waals surface area contributed by atoms with Crippen LogP contribution in [-0.2, 0) is 6.42 Å². The molecule has 2 aromatic rings. The Morgan fingerprint density at radius 1 is 1.14 bits per heavy atom. The quantitative estimate of drug-likeness (QED) is 0.669. The van der Waals surface area contributed by atoms with Gasteiger partial charge in [-0.25, -0.2) is 0 Å². The van der Waals surface area contributed by atoms with Crippen LogP contribution in [0.15, 0.2) is 30.6 Å². The van der Waals surface area contributed by atoms with E-state index in [9.17, 15) is 10.3 Å². The fourth-order valence-corrected chi connectivity index (χ4v) is 2.70. The second-order valence-electron chi connectivity index (χ2n) is 4.63. The van der Waals surface area contributed by atoms with Crippen molar-refractivity contribution in [1.29, 1.82) is 0 Å². The lowest BCUT2D eigenvalue weighted by molar-refractivity contribution is -0.605. The first-order chi connectivity index (χ1) is 10.5. The van der Waals surface area contributed by atoms with Crippen molar-refractivity contribution in [1.82, 2.24) is 0 Å². The highest BCUT2D eigenvalue weighted by atomic mass is 35.5. The van der Waals surface area contributed by atoms with Crippen LogP contribution >= 0.6 is 23.2 Å². The molecule has 0 aliphatic heterocycles. The van der Waals surface area contributed by atoms with Crippen LogP contribution in [0.1, 0.15) is 17.2 Å². The molecule has 2 rings (SSSR count). The van der Waals surface area contributed by atoms with Gasteiger partial charge in [-0.2, -0.15) is 4.73 Å². The third kappa shape index (κ3) is 3.55. The molecular weight excluding hydrogens is 329 g/mol. The van der Waals surface area contributed by atoms with Gasteiger partial charge in [0.2, 0.25) is 0 Å². The Morgan fingerprint density at radius 3 is 2.27 bits per heavy atom. The third-order valence-electron chi connectivity index (χ3n) is 3.25. The van der Waals surface area contributed by atoms with E-state index in [0.29, 0.717) is 27.4 Å². The Hall–Kier alpha value is -1.69. The van der Waals surface area contributed by atoms with E-state index in [4.69, 9.17) is 32.7 Å². The summed E-state index contributed by atoms with van der Waals surface area (Å²) in [4.78, 5) is 0. The van der Waals surface area contributed by atoms with Crippen molar-refractivity contribution in [3.63, 3.8) is 0 Å². The predicted molar refractivity (Wildman–Crippen MR) is 83.6 cm³/mol. The van der Waals surface area contributed by atoms with Gasteiger partial charge in [0.05, 0.1) is 20.3 Å². The molecule has 0 aliphatic rings. The highest BCUT2D eigenvalue weighted by Crippen LogP contribution is 2.33. The molecule has 0 spiro atoms. The maximum Gasteiger partial charge on any atom is 0.199 e. The topological polar surface area (TPSA) is 65.6 Å². The van der Waals surface area contributed by atoms with Gasteiger partial charge in [-0.3, -0.25) is 0 Å². The molecule has 22 heavy (non-hydrogen) atoms. The zero-order valence-electron chi connectivity index (χ0n) is 12.0. The van der Waals surface area contributed by atoms with Crippen LogP contribution in [0.25, 0.3) is 0 Å². The average molecular weight is 344 g/mol. The van der Waals surface area contributed by atoms with Crippen molar-refractivity contribution < 1.29 is 19.3 Å². The molecule has 1 aromatic heterocycles. The van der Waals surface area contributed by atoms with E-state index in [2.05, 4.69) is 0 Å². The molecule has 1 atom stereocenters. The van der Waals surface area contributed by atoms with Gasteiger partial charge in [0.1, 0.15) is 10.0 Å². The monoisotopic (exact) mass is 343 g/mol. The molecule has 1 unspecified atom stereocenters. The lowest BCUT2D eigenvalue weighted by Gasteiger charge is -2.15. The Kier molecular flexibility index (Phi) is 5.34. The van der Waals surface area contributed by atoms with Crippen LogP contribution < -0.4 is 14.2 Å². The van der Waals surface area contributed by atoms with Gasteiger partial charge < -0.3 is 19.8 Å². The van der Waals surface area contributed by atoms with Gasteiger partial charge in [0.25, 0.3) is 0 Å². The van der Waals surface area contributed by atoms with Crippen LogP contribution in [0, 0.1) is 5.21 Å². The summed E-state index contributed by atoms with van der Waals surface area (Å²) in [5, 5.41) is 22.0. The van der Waals surface area contributed by atoms with Crippen LogP contribution in [0.3, 0.4) is 0 Å². The largest absolute Gasteiger partial charge is 0.619 e. The van der Waals surface area contributed by atoms with Gasteiger partial charge in [0.15, 0.2) is 23.9 Å². The molecule has 0 aliphatic carbocycles. The highest BCUT2D eigenvalue weighted by molar-refractivity contribution is 6.35. The number of nitrogens with zero attached hydrogens (tertiary/aromatic N) is 1. The minimum absolute atomic E-state index is 0.175. The van der Waals surface area contributed by atoms with Crippen LogP contribution in [0.5, 0.6) is 11.5 Å². The summed E-state index contributed by atoms with van der Waals surface area (Å²) in [5.41, 5.74) is 1.14. The number of hydrogen-bond donors (Lipinski definition) is 1. The minimum atomic E-state index is -0.850. The molecular formula is C15H15Cl2NO4. The van der Waals surface area contributed by atoms with Crippen molar-refractivity contribution in [3.05, 3.63) is 57.0 Å². The standard InChI is InChI=1S/C15H15Cl2NO4/c1-21-14-4-3-9(5-15(14)22-2)13(19)6-10-11(16)7-18(20)8-12(10)17/h3-5,7-8,13,19H,6H2,1-2H3. The molecule has 0 saturated heterocycles. The first-order valence-electron chi connectivity index (χ1n) is 6.43. The molecule has 0 bridgehead atoms. The average Bonchev–Trinajstić information content (AvgIpc) is 2.49. The lowest BCUT2D eigenvalue weighted by Crippen LogP contribution is -2.25. The van der Waals surface area contributed by atoms with E-state index in [1.54, 1.807) is 18.2 Å². The van der Waals surface area contributed by atoms with Crippen LogP contribution in [-0.4, -0.2) is 19.3 Å². The van der Waals surface area contributed by atoms with E-state index in [1.807, 2.05) is 0 Å². The number of methoxy groups -OCH3 is 2. The fraction of sp³-hybridized carbons (Fsp3) is 0.267. The normalized spacial score (nSPS) is 12.0. The molecule has 7 heteroatoms. The summed E-state index contributed by atoms with van der Waals surface area (Å²) >= 11 is 12.0. The molecule has 118 valence electrons. The van der Waals surface area contributed by atoms with Crippen molar-refractivity contribution in [2.45, 2.75) is 12.5 Å². The molecule has 1 N–H and O–H groups in total. The van der Waals surface area contributed by atoms with Crippen molar-refractivity contribution >= 4 is 23.2 Å². The molecule has 1 aromatic carbocycles. The van der Waals surface area contributed by atoms with E-state index in [-0.39, 0.29) is 16.5 Å². The molecule has 0 saturated carbocycles. The number of aliphatic hydroxyl groups excluding tert-OH is 1. The predicted octanol–water partition coefficient (Wildman–Crippen LogP) is 2.92. The zero-order valence-corrected chi connectivity index (χ0v) is 13.6. The summed E-state index contributed by atoms with van der Waals surface area (Å²) in [5.74, 6) is 1.09. The SMILES string of the molecule is COc1ccc(C(O)Cc2c(Cl)c[n+]([O-])cc2Cl)cc1OC. The summed E-state index contributed by atoms with van der Waals surface area (Å²) in [6, 6.07) is 5.11. The smallest absolute Gasteiger partial charge is 0.199 e. The maximum absolute atomic E-state index is 11.2. The first-order valence-corrected chi connectivity index (χ1v) is 7.18. The molecule has 5 nitrogen and oxygen atoms in total. The molecule has 0 fully saturated rings. The highest BCUT2D eigenvalue weighted by Gasteiger charge is 2.18. The van der Waals surface area contributed by atoms with Gasteiger partial charge in [-0.1, -0.05) is 29.3 Å². The van der Waals surface area contributed by atoms with Gasteiger partial charge in [-0.15, -0.1) is 0 Å². The number of aromatic nitrogens is 1. The van der Waals surface area contributed by atoms with E-state index < -0.39 is 6.10 Å². The Balaban J connectivity index is 2.28. The molecule has 0 radical (unpaired) electrons. The number of halogens is 2. The summed E-state index contributed by atoms with van der Waals surface area (Å²) in [7, 11) is 3.06. The molecule has 1 heterocycles. The van der Waals surface area contributed by atoms with Gasteiger partial charge in [-0.05, 0) is 17.7 Å². The number of ether oxygens (including phenoxy) is 2. The summed E-state index contributed by atoms with van der Waals surface area (Å²) < 4.78 is 10.9. The maximum atomic E-state index is 11.2. The first kappa shape index (κ1) is 16.7. The summed E-state index contributed by atoms with van der Waals surface area (Å²) in [6.45, 7) is 0. The number of aliphatic hydroxyl groups is 1. The number of rotatable bonds is 5.